The minimum absolute atomic E-state index is 0.0634. The van der Waals surface area contributed by atoms with Crippen molar-refractivity contribution in [2.75, 3.05) is 12.4 Å². The molecule has 1 N–H and O–H groups in total. The van der Waals surface area contributed by atoms with Gasteiger partial charge in [0, 0.05) is 18.0 Å². The number of rotatable bonds is 3. The van der Waals surface area contributed by atoms with Crippen LogP contribution in [0.4, 0.5) is 19.3 Å². The number of anilines is 1. The first-order valence-electron chi connectivity index (χ1n) is 9.72. The molecule has 2 aliphatic rings. The van der Waals surface area contributed by atoms with E-state index < -0.39 is 29.2 Å². The van der Waals surface area contributed by atoms with Gasteiger partial charge in [0.05, 0.1) is 25.2 Å². The summed E-state index contributed by atoms with van der Waals surface area (Å²) in [6.45, 7) is 3.71. The van der Waals surface area contributed by atoms with Crippen LogP contribution in [-0.4, -0.2) is 45.6 Å². The van der Waals surface area contributed by atoms with Gasteiger partial charge in [0.25, 0.3) is 0 Å². The molecule has 1 aliphatic heterocycles. The predicted molar refractivity (Wildman–Crippen MR) is 105 cm³/mol. The van der Waals surface area contributed by atoms with Crippen LogP contribution in [0.1, 0.15) is 31.7 Å². The van der Waals surface area contributed by atoms with Gasteiger partial charge in [0.2, 0.25) is 0 Å². The van der Waals surface area contributed by atoms with E-state index in [4.69, 9.17) is 4.74 Å². The van der Waals surface area contributed by atoms with Gasteiger partial charge < -0.3 is 15.0 Å². The fraction of sp³-hybridized carbons (Fsp3) is 0.429. The van der Waals surface area contributed by atoms with Crippen LogP contribution in [0.3, 0.4) is 0 Å². The number of hydrogen-bond donors (Lipinski definition) is 1. The molecule has 2 heterocycles. The Labute approximate surface area is 172 Å². The summed E-state index contributed by atoms with van der Waals surface area (Å²) < 4.78 is 32.7. The second kappa shape index (κ2) is 7.30. The predicted octanol–water partition coefficient (Wildman–Crippen LogP) is 3.68. The first kappa shape index (κ1) is 20.2. The highest BCUT2D eigenvalue weighted by molar-refractivity contribution is 5.97. The molecule has 2 aromatic rings. The number of urea groups is 1. The normalized spacial score (nSPS) is 24.8. The zero-order chi connectivity index (χ0) is 21.6. The van der Waals surface area contributed by atoms with Gasteiger partial charge in [0.15, 0.2) is 11.6 Å². The lowest BCUT2D eigenvalue weighted by Crippen LogP contribution is -2.75. The Morgan fingerprint density at radius 2 is 1.93 bits per heavy atom. The summed E-state index contributed by atoms with van der Waals surface area (Å²) in [5.74, 6) is -1.17. The number of nitrogens with zero attached hydrogens (tertiary/aromatic N) is 3. The lowest BCUT2D eigenvalue weighted by molar-refractivity contribution is -0.176. The number of nitrogens with one attached hydrogen (secondary N) is 1. The number of methoxy groups -OCH3 is 1. The third-order valence-electron chi connectivity index (χ3n) is 5.96. The third-order valence-corrected chi connectivity index (χ3v) is 5.96. The average Bonchev–Trinajstić information content (AvgIpc) is 2.69. The molecule has 158 valence electrons. The summed E-state index contributed by atoms with van der Waals surface area (Å²) in [6, 6.07) is 2.02. The Kier molecular flexibility index (Phi) is 4.91. The molecular formula is C21H22F2N4O3. The average molecular weight is 416 g/mol. The van der Waals surface area contributed by atoms with Gasteiger partial charge in [-0.2, -0.15) is 0 Å². The van der Waals surface area contributed by atoms with Crippen molar-refractivity contribution in [3.8, 4) is 11.4 Å². The number of fused-ring (bicyclic) bond motifs is 2. The highest BCUT2D eigenvalue weighted by atomic mass is 19.1. The molecule has 2 fully saturated rings. The largest absolute Gasteiger partial charge is 0.467 e. The lowest BCUT2D eigenvalue weighted by Gasteiger charge is -2.61. The highest BCUT2D eigenvalue weighted by Crippen LogP contribution is 2.50. The first-order valence-corrected chi connectivity index (χ1v) is 9.72. The molecule has 1 saturated heterocycles. The van der Waals surface area contributed by atoms with E-state index in [-0.39, 0.29) is 23.5 Å². The first-order chi connectivity index (χ1) is 14.2. The molecule has 2 bridgehead atoms. The van der Waals surface area contributed by atoms with Gasteiger partial charge in [-0.05, 0) is 43.4 Å². The SMILES string of the molecule is COC(=O)C12CC(C)CC(C1)N2C(=O)Nc1cc(-c2ncc(F)cn2)c(C)cc1F. The Bertz CT molecular complexity index is 1010. The standard InChI is InChI=1S/C21H22F2N4O3/c1-11-4-14-8-21(7-11,19(28)30-3)27(14)20(29)26-17-6-15(12(2)5-16(17)23)18-24-9-13(22)10-25-18/h5-6,9-11,14H,4,7-8H2,1-3H3,(H,26,29). The molecule has 2 amide bonds. The number of amides is 2. The van der Waals surface area contributed by atoms with Gasteiger partial charge >= 0.3 is 12.0 Å². The summed E-state index contributed by atoms with van der Waals surface area (Å²) in [6.07, 6.45) is 3.87. The lowest BCUT2D eigenvalue weighted by atomic mass is 9.64. The zero-order valence-electron chi connectivity index (χ0n) is 16.9. The van der Waals surface area contributed by atoms with E-state index in [1.54, 1.807) is 6.92 Å². The van der Waals surface area contributed by atoms with Gasteiger partial charge in [-0.25, -0.2) is 28.3 Å². The maximum atomic E-state index is 14.6. The van der Waals surface area contributed by atoms with Crippen molar-refractivity contribution >= 4 is 17.7 Å². The van der Waals surface area contributed by atoms with Gasteiger partial charge in [0.1, 0.15) is 11.4 Å². The van der Waals surface area contributed by atoms with Crippen LogP contribution in [0.5, 0.6) is 0 Å². The third kappa shape index (κ3) is 3.18. The van der Waals surface area contributed by atoms with E-state index in [2.05, 4.69) is 15.3 Å². The number of halogens is 2. The molecule has 9 heteroatoms. The summed E-state index contributed by atoms with van der Waals surface area (Å²) in [5, 5.41) is 2.58. The topological polar surface area (TPSA) is 84.4 Å². The van der Waals surface area contributed by atoms with Crippen LogP contribution in [0.2, 0.25) is 0 Å². The number of carbonyl (C=O) groups excluding carboxylic acids is 2. The molecule has 1 saturated carbocycles. The number of hydrogen-bond acceptors (Lipinski definition) is 5. The molecule has 7 nitrogen and oxygen atoms in total. The minimum atomic E-state index is -1.01. The van der Waals surface area contributed by atoms with E-state index in [1.807, 2.05) is 6.92 Å². The maximum Gasteiger partial charge on any atom is 0.331 e. The van der Waals surface area contributed by atoms with E-state index in [9.17, 15) is 18.4 Å². The van der Waals surface area contributed by atoms with Crippen LogP contribution < -0.4 is 5.32 Å². The summed E-state index contributed by atoms with van der Waals surface area (Å²) in [4.78, 5) is 34.8. The molecule has 0 spiro atoms. The Morgan fingerprint density at radius 3 is 2.60 bits per heavy atom. The van der Waals surface area contributed by atoms with Crippen molar-refractivity contribution in [2.45, 2.75) is 44.7 Å². The van der Waals surface area contributed by atoms with Crippen molar-refractivity contribution < 1.29 is 23.1 Å². The number of esters is 1. The number of aryl methyl sites for hydroxylation is 1. The summed E-state index contributed by atoms with van der Waals surface area (Å²) in [5.41, 5.74) is -0.0678. The molecule has 30 heavy (non-hydrogen) atoms. The van der Waals surface area contributed by atoms with Crippen molar-refractivity contribution in [3.05, 3.63) is 41.7 Å². The van der Waals surface area contributed by atoms with Crippen LogP contribution in [0.15, 0.2) is 24.5 Å². The van der Waals surface area contributed by atoms with E-state index >= 15 is 0 Å². The van der Waals surface area contributed by atoms with Crippen molar-refractivity contribution in [1.29, 1.82) is 0 Å². The molecule has 0 radical (unpaired) electrons. The van der Waals surface area contributed by atoms with Gasteiger partial charge in [-0.3, -0.25) is 0 Å². The molecule has 1 aromatic heterocycles. The smallest absolute Gasteiger partial charge is 0.331 e. The van der Waals surface area contributed by atoms with Gasteiger partial charge in [-0.1, -0.05) is 6.92 Å². The number of likely N-dealkylation sites (tertiary alicyclic amines) is 1. The van der Waals surface area contributed by atoms with E-state index in [0.717, 1.165) is 18.8 Å². The molecular weight excluding hydrogens is 394 g/mol. The van der Waals surface area contributed by atoms with Crippen LogP contribution in [-0.2, 0) is 9.53 Å². The Morgan fingerprint density at radius 1 is 1.23 bits per heavy atom. The number of benzene rings is 1. The number of carbonyl (C=O) groups is 2. The highest BCUT2D eigenvalue weighted by Gasteiger charge is 2.63. The minimum Gasteiger partial charge on any atom is -0.467 e. The monoisotopic (exact) mass is 416 g/mol. The Balaban J connectivity index is 1.63. The molecule has 4 rings (SSSR count). The van der Waals surface area contributed by atoms with Gasteiger partial charge in [-0.15, -0.1) is 0 Å². The fourth-order valence-corrected chi connectivity index (χ4v) is 4.76. The second-order valence-corrected chi connectivity index (χ2v) is 8.10. The van der Waals surface area contributed by atoms with Crippen LogP contribution in [0, 0.1) is 24.5 Å². The van der Waals surface area contributed by atoms with Crippen molar-refractivity contribution in [3.63, 3.8) is 0 Å². The second-order valence-electron chi connectivity index (χ2n) is 8.10. The van der Waals surface area contributed by atoms with E-state index in [0.29, 0.717) is 24.0 Å². The number of aromatic nitrogens is 2. The molecule has 3 unspecified atom stereocenters. The molecule has 1 aromatic carbocycles. The zero-order valence-corrected chi connectivity index (χ0v) is 16.9. The quantitative estimate of drug-likeness (QED) is 0.772. The van der Waals surface area contributed by atoms with Crippen LogP contribution >= 0.6 is 0 Å². The molecule has 3 atom stereocenters. The summed E-state index contributed by atoms with van der Waals surface area (Å²) in [7, 11) is 1.30. The fourth-order valence-electron chi connectivity index (χ4n) is 4.76. The van der Waals surface area contributed by atoms with Crippen molar-refractivity contribution in [1.82, 2.24) is 14.9 Å². The number of piperidine rings is 1. The van der Waals surface area contributed by atoms with Crippen LogP contribution in [0.25, 0.3) is 11.4 Å². The number of ether oxygens (including phenoxy) is 1. The molecule has 1 aliphatic carbocycles. The van der Waals surface area contributed by atoms with Crippen molar-refractivity contribution in [2.24, 2.45) is 5.92 Å². The Hall–Kier alpha value is -3.10. The maximum absolute atomic E-state index is 14.6. The summed E-state index contributed by atoms with van der Waals surface area (Å²) >= 11 is 0. The van der Waals surface area contributed by atoms with E-state index in [1.165, 1.54) is 24.1 Å².